The molecule has 0 saturated carbocycles. The van der Waals surface area contributed by atoms with Gasteiger partial charge in [-0.1, -0.05) is 30.3 Å². The maximum Gasteiger partial charge on any atom is 0.259 e. The lowest BCUT2D eigenvalue weighted by Gasteiger charge is -1.91. The summed E-state index contributed by atoms with van der Waals surface area (Å²) in [5, 5.41) is 36.6. The van der Waals surface area contributed by atoms with Gasteiger partial charge in [-0.3, -0.25) is 0 Å². The predicted octanol–water partition coefficient (Wildman–Crippen LogP) is 5.21. The van der Waals surface area contributed by atoms with Crippen molar-refractivity contribution in [2.24, 2.45) is 20.5 Å². The first-order valence-electron chi connectivity index (χ1n) is 7.60. The number of fused-ring (bicyclic) bond motifs is 2. The molecule has 0 spiro atoms. The van der Waals surface area contributed by atoms with Crippen LogP contribution in [0.1, 0.15) is 0 Å². The van der Waals surface area contributed by atoms with Gasteiger partial charge in [-0.05, 0) is 30.4 Å². The fourth-order valence-corrected chi connectivity index (χ4v) is 2.69. The minimum Gasteiger partial charge on any atom is -0.504 e. The highest BCUT2D eigenvalue weighted by molar-refractivity contribution is 7.80. The number of nitrogens with zero attached hydrogens (tertiary/aromatic N) is 4. The van der Waals surface area contributed by atoms with Crippen LogP contribution in [-0.2, 0) is 0 Å². The Bertz CT molecular complexity index is 1190. The molecule has 26 heavy (non-hydrogen) atoms. The number of hydrogen-bond acceptors (Lipinski definition) is 5. The van der Waals surface area contributed by atoms with Crippen LogP contribution in [-0.4, -0.2) is 25.3 Å². The van der Waals surface area contributed by atoms with Crippen molar-refractivity contribution in [3.05, 3.63) is 48.5 Å². The normalized spacial score (nSPS) is 12.0. The Morgan fingerprint density at radius 3 is 2.15 bits per heavy atom. The number of benzene rings is 2. The number of aromatic hydroxyl groups is 2. The van der Waals surface area contributed by atoms with E-state index in [1.54, 1.807) is 12.1 Å². The minimum absolute atomic E-state index is 0.0154. The second kappa shape index (κ2) is 6.37. The molecule has 0 atom stereocenters. The summed E-state index contributed by atoms with van der Waals surface area (Å²) in [6.45, 7) is 0. The predicted molar refractivity (Wildman–Crippen MR) is 102 cm³/mol. The quantitative estimate of drug-likeness (QED) is 0.288. The van der Waals surface area contributed by atoms with Crippen LogP contribution < -0.4 is 0 Å². The fourth-order valence-electron chi connectivity index (χ4n) is 2.61. The number of azo groups is 2. The Morgan fingerprint density at radius 2 is 1.42 bits per heavy atom. The number of H-pyrrole nitrogens is 2. The first-order valence-corrected chi connectivity index (χ1v) is 8.01. The molecule has 128 valence electrons. The smallest absolute Gasteiger partial charge is 0.259 e. The third kappa shape index (κ3) is 2.80. The van der Waals surface area contributed by atoms with Crippen LogP contribution in [0.5, 0.6) is 11.6 Å². The zero-order valence-corrected chi connectivity index (χ0v) is 14.0. The molecule has 2 aromatic carbocycles. The number of rotatable bonds is 2. The number of thiocarbonyl (C=S) groups is 1. The van der Waals surface area contributed by atoms with Gasteiger partial charge in [-0.15, -0.1) is 20.5 Å². The lowest BCUT2D eigenvalue weighted by Crippen LogP contribution is -1.78. The third-order valence-corrected chi connectivity index (χ3v) is 3.95. The molecule has 0 aliphatic heterocycles. The van der Waals surface area contributed by atoms with Gasteiger partial charge in [0.25, 0.3) is 5.11 Å². The number of para-hydroxylation sites is 2. The molecular weight excluding hydrogens is 352 g/mol. The molecule has 4 N–H and O–H groups in total. The lowest BCUT2D eigenvalue weighted by atomic mass is 10.2. The van der Waals surface area contributed by atoms with E-state index >= 15 is 0 Å². The number of aromatic amines is 2. The number of nitrogens with one attached hydrogen (secondary N) is 2. The molecule has 0 saturated heterocycles. The fraction of sp³-hybridized carbons (Fsp3) is 0. The van der Waals surface area contributed by atoms with Gasteiger partial charge in [0.2, 0.25) is 5.88 Å². The summed E-state index contributed by atoms with van der Waals surface area (Å²) in [7, 11) is 0. The molecule has 0 bridgehead atoms. The molecule has 4 aromatic rings. The molecule has 0 fully saturated rings. The Hall–Kier alpha value is -3.59. The highest BCUT2D eigenvalue weighted by atomic mass is 32.1. The number of aromatic nitrogens is 2. The van der Waals surface area contributed by atoms with Crippen LogP contribution in [0.25, 0.3) is 21.8 Å². The highest BCUT2D eigenvalue weighted by Crippen LogP contribution is 2.36. The molecule has 4 rings (SSSR count). The van der Waals surface area contributed by atoms with Gasteiger partial charge >= 0.3 is 0 Å². The third-order valence-electron chi connectivity index (χ3n) is 3.79. The van der Waals surface area contributed by atoms with E-state index in [0.717, 1.165) is 11.0 Å². The van der Waals surface area contributed by atoms with Crippen molar-refractivity contribution in [2.75, 3.05) is 0 Å². The summed E-state index contributed by atoms with van der Waals surface area (Å²) in [6.07, 6.45) is 0. The van der Waals surface area contributed by atoms with Gasteiger partial charge in [0.15, 0.2) is 17.3 Å². The molecule has 8 nitrogen and oxygen atoms in total. The van der Waals surface area contributed by atoms with Crippen LogP contribution in [0.2, 0.25) is 0 Å². The lowest BCUT2D eigenvalue weighted by molar-refractivity contribution is 0.459. The van der Waals surface area contributed by atoms with Gasteiger partial charge in [0.1, 0.15) is 0 Å². The first kappa shape index (κ1) is 15.9. The van der Waals surface area contributed by atoms with Gasteiger partial charge in [0, 0.05) is 10.8 Å². The molecule has 0 unspecified atom stereocenters. The van der Waals surface area contributed by atoms with Gasteiger partial charge < -0.3 is 20.2 Å². The summed E-state index contributed by atoms with van der Waals surface area (Å²) < 4.78 is 0. The van der Waals surface area contributed by atoms with Crippen molar-refractivity contribution >= 4 is 50.6 Å². The molecule has 0 aliphatic carbocycles. The molecular formula is C17H12N6O2S. The molecule has 0 aliphatic rings. The summed E-state index contributed by atoms with van der Waals surface area (Å²) in [4.78, 5) is 5.73. The monoisotopic (exact) mass is 364 g/mol. The molecule has 2 aromatic heterocycles. The second-order valence-corrected chi connectivity index (χ2v) is 5.78. The Labute approximate surface area is 151 Å². The van der Waals surface area contributed by atoms with Crippen molar-refractivity contribution in [2.45, 2.75) is 0 Å². The van der Waals surface area contributed by atoms with Crippen molar-refractivity contribution in [3.63, 3.8) is 0 Å². The standard InChI is InChI=1S/C17H12N6O2S/c24-14-10-6-2-4-8-12(10)18-15(14)21-23-17(26)22-20-13-9-5-1-3-7-11(9)19-16(13)25/h1-8,18-19,24-25H. The van der Waals surface area contributed by atoms with E-state index < -0.39 is 0 Å². The molecule has 0 radical (unpaired) electrons. The minimum atomic E-state index is -0.146. The van der Waals surface area contributed by atoms with E-state index in [-0.39, 0.29) is 28.2 Å². The summed E-state index contributed by atoms with van der Waals surface area (Å²) in [5.41, 5.74) is 1.73. The summed E-state index contributed by atoms with van der Waals surface area (Å²) in [5.74, 6) is 0.0556. The largest absolute Gasteiger partial charge is 0.504 e. The van der Waals surface area contributed by atoms with Gasteiger partial charge in [-0.25, -0.2) is 0 Å². The van der Waals surface area contributed by atoms with Gasteiger partial charge in [-0.2, -0.15) is 0 Å². The van der Waals surface area contributed by atoms with E-state index in [2.05, 4.69) is 30.4 Å². The van der Waals surface area contributed by atoms with E-state index in [4.69, 9.17) is 12.2 Å². The van der Waals surface area contributed by atoms with Crippen molar-refractivity contribution in [3.8, 4) is 11.6 Å². The van der Waals surface area contributed by atoms with E-state index in [1.807, 2.05) is 36.4 Å². The van der Waals surface area contributed by atoms with E-state index in [0.29, 0.717) is 10.8 Å². The zero-order chi connectivity index (χ0) is 18.1. The average Bonchev–Trinajstić information content (AvgIpc) is 3.15. The van der Waals surface area contributed by atoms with E-state index in [9.17, 15) is 10.2 Å². The Balaban J connectivity index is 1.58. The highest BCUT2D eigenvalue weighted by Gasteiger charge is 2.10. The van der Waals surface area contributed by atoms with Gasteiger partial charge in [0.05, 0.1) is 11.0 Å². The Morgan fingerprint density at radius 1 is 0.808 bits per heavy atom. The average molecular weight is 364 g/mol. The van der Waals surface area contributed by atoms with Crippen molar-refractivity contribution in [1.82, 2.24) is 9.97 Å². The SMILES string of the molecule is Oc1[nH]c2ccccc2c1N=NC(=S)N=Nc1[nH]c2ccccc2c1O. The number of hydrogen-bond donors (Lipinski definition) is 4. The second-order valence-electron chi connectivity index (χ2n) is 5.42. The van der Waals surface area contributed by atoms with E-state index in [1.165, 1.54) is 0 Å². The van der Waals surface area contributed by atoms with Crippen LogP contribution in [0.3, 0.4) is 0 Å². The summed E-state index contributed by atoms with van der Waals surface area (Å²) in [6, 6.07) is 14.5. The van der Waals surface area contributed by atoms with Crippen molar-refractivity contribution < 1.29 is 10.2 Å². The van der Waals surface area contributed by atoms with Crippen LogP contribution >= 0.6 is 12.2 Å². The van der Waals surface area contributed by atoms with Crippen LogP contribution in [0.15, 0.2) is 69.0 Å². The topological polar surface area (TPSA) is 121 Å². The maximum atomic E-state index is 10.1. The molecule has 9 heteroatoms. The first-order chi connectivity index (χ1) is 12.6. The van der Waals surface area contributed by atoms with Crippen LogP contribution in [0, 0.1) is 0 Å². The summed E-state index contributed by atoms with van der Waals surface area (Å²) >= 11 is 5.01. The Kier molecular flexibility index (Phi) is 3.90. The maximum absolute atomic E-state index is 10.1. The van der Waals surface area contributed by atoms with Crippen molar-refractivity contribution in [1.29, 1.82) is 0 Å². The molecule has 2 heterocycles. The zero-order valence-electron chi connectivity index (χ0n) is 13.2. The van der Waals surface area contributed by atoms with Crippen LogP contribution in [0.4, 0.5) is 11.5 Å². The molecule has 0 amide bonds.